The maximum Gasteiger partial charge on any atom is 0.132 e. The van der Waals surface area contributed by atoms with Crippen molar-refractivity contribution in [2.24, 2.45) is 11.7 Å². The Morgan fingerprint density at radius 3 is 2.94 bits per heavy atom. The second-order valence-electron chi connectivity index (χ2n) is 4.74. The van der Waals surface area contributed by atoms with Crippen molar-refractivity contribution in [1.29, 1.82) is 0 Å². The van der Waals surface area contributed by atoms with E-state index in [1.807, 2.05) is 19.2 Å². The third-order valence-corrected chi connectivity index (χ3v) is 3.72. The maximum absolute atomic E-state index is 5.87. The molecule has 2 N–H and O–H groups in total. The Morgan fingerprint density at radius 2 is 2.29 bits per heavy atom. The lowest BCUT2D eigenvalue weighted by molar-refractivity contribution is 0.459. The molecule has 2 atom stereocenters. The summed E-state index contributed by atoms with van der Waals surface area (Å²) in [7, 11) is 0. The van der Waals surface area contributed by atoms with Crippen molar-refractivity contribution < 1.29 is 0 Å². The number of aryl methyl sites for hydroxylation is 1. The van der Waals surface area contributed by atoms with Crippen LogP contribution >= 0.6 is 0 Å². The summed E-state index contributed by atoms with van der Waals surface area (Å²) in [5.41, 5.74) is 5.87. The van der Waals surface area contributed by atoms with Gasteiger partial charge in [-0.25, -0.2) is 9.97 Å². The summed E-state index contributed by atoms with van der Waals surface area (Å²) in [6.45, 7) is 5.89. The molecule has 4 heteroatoms. The van der Waals surface area contributed by atoms with E-state index in [0.717, 1.165) is 24.7 Å². The molecule has 1 aliphatic carbocycles. The molecule has 0 amide bonds. The van der Waals surface area contributed by atoms with E-state index in [0.29, 0.717) is 12.0 Å². The molecule has 0 bridgehead atoms. The van der Waals surface area contributed by atoms with Gasteiger partial charge in [-0.15, -0.1) is 0 Å². The Labute approximate surface area is 103 Å². The molecular weight excluding hydrogens is 212 g/mol. The summed E-state index contributed by atoms with van der Waals surface area (Å²) in [5.74, 6) is 2.50. The molecule has 0 aromatic carbocycles. The molecule has 1 aromatic heterocycles. The third-order valence-electron chi connectivity index (χ3n) is 3.72. The average Bonchev–Trinajstić information content (AvgIpc) is 2.78. The van der Waals surface area contributed by atoms with Gasteiger partial charge in [0, 0.05) is 18.8 Å². The van der Waals surface area contributed by atoms with E-state index in [-0.39, 0.29) is 0 Å². The lowest BCUT2D eigenvalue weighted by Crippen LogP contribution is -2.41. The first kappa shape index (κ1) is 12.3. The molecule has 0 aliphatic heterocycles. The number of nitrogens with zero attached hydrogens (tertiary/aromatic N) is 3. The SMILES string of the molecule is CCN(c1ccnc(C)n1)C1CCCC1CN. The normalized spacial score (nSPS) is 23.9. The van der Waals surface area contributed by atoms with Crippen molar-refractivity contribution >= 4 is 5.82 Å². The molecule has 0 saturated heterocycles. The Kier molecular flexibility index (Phi) is 3.94. The molecule has 0 spiro atoms. The minimum Gasteiger partial charge on any atom is -0.353 e. The van der Waals surface area contributed by atoms with Crippen molar-refractivity contribution in [1.82, 2.24) is 9.97 Å². The predicted octanol–water partition coefficient (Wildman–Crippen LogP) is 1.74. The fourth-order valence-corrected chi connectivity index (χ4v) is 2.87. The first-order chi connectivity index (χ1) is 8.26. The maximum atomic E-state index is 5.87. The van der Waals surface area contributed by atoms with E-state index < -0.39 is 0 Å². The Morgan fingerprint density at radius 1 is 1.47 bits per heavy atom. The van der Waals surface area contributed by atoms with E-state index in [9.17, 15) is 0 Å². The first-order valence-electron chi connectivity index (χ1n) is 6.52. The number of nitrogens with two attached hydrogens (primary N) is 1. The van der Waals surface area contributed by atoms with E-state index in [1.54, 1.807) is 0 Å². The third kappa shape index (κ3) is 2.57. The zero-order chi connectivity index (χ0) is 12.3. The van der Waals surface area contributed by atoms with Crippen LogP contribution in [0.2, 0.25) is 0 Å². The van der Waals surface area contributed by atoms with Crippen LogP contribution in [0.4, 0.5) is 5.82 Å². The molecule has 1 heterocycles. The van der Waals surface area contributed by atoms with Gasteiger partial charge < -0.3 is 10.6 Å². The lowest BCUT2D eigenvalue weighted by atomic mass is 10.0. The van der Waals surface area contributed by atoms with Crippen LogP contribution < -0.4 is 10.6 Å². The second kappa shape index (κ2) is 5.45. The minimum absolute atomic E-state index is 0.555. The summed E-state index contributed by atoms with van der Waals surface area (Å²) in [4.78, 5) is 11.1. The van der Waals surface area contributed by atoms with Gasteiger partial charge >= 0.3 is 0 Å². The fraction of sp³-hybridized carbons (Fsp3) is 0.692. The van der Waals surface area contributed by atoms with Gasteiger partial charge in [0.1, 0.15) is 11.6 Å². The number of hydrogen-bond donors (Lipinski definition) is 1. The van der Waals surface area contributed by atoms with Gasteiger partial charge in [0.25, 0.3) is 0 Å². The van der Waals surface area contributed by atoms with E-state index in [2.05, 4.69) is 21.8 Å². The zero-order valence-electron chi connectivity index (χ0n) is 10.8. The van der Waals surface area contributed by atoms with Crippen LogP contribution in [0.3, 0.4) is 0 Å². The minimum atomic E-state index is 0.555. The van der Waals surface area contributed by atoms with Crippen molar-refractivity contribution in [3.8, 4) is 0 Å². The van der Waals surface area contributed by atoms with Crippen LogP contribution in [-0.2, 0) is 0 Å². The van der Waals surface area contributed by atoms with Crippen LogP contribution in [0.25, 0.3) is 0 Å². The summed E-state index contributed by atoms with van der Waals surface area (Å²) in [5, 5.41) is 0. The van der Waals surface area contributed by atoms with E-state index >= 15 is 0 Å². The van der Waals surface area contributed by atoms with Crippen LogP contribution in [0.5, 0.6) is 0 Å². The summed E-state index contributed by atoms with van der Waals surface area (Å²) >= 11 is 0. The highest BCUT2D eigenvalue weighted by molar-refractivity contribution is 5.39. The second-order valence-corrected chi connectivity index (χ2v) is 4.74. The summed E-state index contributed by atoms with van der Waals surface area (Å²) in [6.07, 6.45) is 5.61. The van der Waals surface area contributed by atoms with Crippen LogP contribution in [-0.4, -0.2) is 29.1 Å². The van der Waals surface area contributed by atoms with Crippen molar-refractivity contribution in [2.45, 2.75) is 39.2 Å². The number of rotatable bonds is 4. The van der Waals surface area contributed by atoms with Crippen molar-refractivity contribution in [3.63, 3.8) is 0 Å². The Bertz CT molecular complexity index is 366. The highest BCUT2D eigenvalue weighted by atomic mass is 15.2. The first-order valence-corrected chi connectivity index (χ1v) is 6.52. The molecule has 2 unspecified atom stereocenters. The number of aromatic nitrogens is 2. The van der Waals surface area contributed by atoms with Crippen molar-refractivity contribution in [3.05, 3.63) is 18.1 Å². The highest BCUT2D eigenvalue weighted by Crippen LogP contribution is 2.31. The molecular formula is C13H22N4. The van der Waals surface area contributed by atoms with Crippen molar-refractivity contribution in [2.75, 3.05) is 18.0 Å². The monoisotopic (exact) mass is 234 g/mol. The van der Waals surface area contributed by atoms with Gasteiger partial charge in [-0.2, -0.15) is 0 Å². The predicted molar refractivity (Wildman–Crippen MR) is 70.0 cm³/mol. The van der Waals surface area contributed by atoms with Gasteiger partial charge in [0.15, 0.2) is 0 Å². The van der Waals surface area contributed by atoms with E-state index in [1.165, 1.54) is 19.3 Å². The Hall–Kier alpha value is -1.16. The molecule has 4 nitrogen and oxygen atoms in total. The smallest absolute Gasteiger partial charge is 0.132 e. The molecule has 1 aliphatic rings. The molecule has 17 heavy (non-hydrogen) atoms. The molecule has 1 fully saturated rings. The fourth-order valence-electron chi connectivity index (χ4n) is 2.87. The molecule has 1 aromatic rings. The summed E-state index contributed by atoms with van der Waals surface area (Å²) in [6, 6.07) is 2.56. The van der Waals surface area contributed by atoms with E-state index in [4.69, 9.17) is 5.73 Å². The van der Waals surface area contributed by atoms with Gasteiger partial charge in [-0.1, -0.05) is 6.42 Å². The van der Waals surface area contributed by atoms with Gasteiger partial charge in [0.05, 0.1) is 0 Å². The molecule has 0 radical (unpaired) electrons. The largest absolute Gasteiger partial charge is 0.353 e. The van der Waals surface area contributed by atoms with Crippen LogP contribution in [0.15, 0.2) is 12.3 Å². The highest BCUT2D eigenvalue weighted by Gasteiger charge is 2.31. The molecule has 94 valence electrons. The average molecular weight is 234 g/mol. The number of anilines is 1. The van der Waals surface area contributed by atoms with Gasteiger partial charge in [-0.3, -0.25) is 0 Å². The lowest BCUT2D eigenvalue weighted by Gasteiger charge is -2.32. The molecule has 1 saturated carbocycles. The summed E-state index contributed by atoms with van der Waals surface area (Å²) < 4.78 is 0. The zero-order valence-corrected chi connectivity index (χ0v) is 10.8. The van der Waals surface area contributed by atoms with Gasteiger partial charge in [-0.05, 0) is 45.2 Å². The van der Waals surface area contributed by atoms with Gasteiger partial charge in [0.2, 0.25) is 0 Å². The topological polar surface area (TPSA) is 55.0 Å². The quantitative estimate of drug-likeness (QED) is 0.862. The Balaban J connectivity index is 2.21. The van der Waals surface area contributed by atoms with Crippen LogP contribution in [0.1, 0.15) is 32.0 Å². The standard InChI is InChI=1S/C13H22N4/c1-3-17(12-6-4-5-11(12)9-14)13-7-8-15-10(2)16-13/h7-8,11-12H,3-6,9,14H2,1-2H3. The molecule has 2 rings (SSSR count). The van der Waals surface area contributed by atoms with Crippen LogP contribution in [0, 0.1) is 12.8 Å². The number of hydrogen-bond acceptors (Lipinski definition) is 4.